The molecule has 0 aromatic heterocycles. The summed E-state index contributed by atoms with van der Waals surface area (Å²) in [4.78, 5) is 2.46. The van der Waals surface area contributed by atoms with Crippen LogP contribution in [0.4, 0.5) is 17.1 Å². The van der Waals surface area contributed by atoms with Gasteiger partial charge < -0.3 is 9.64 Å². The highest BCUT2D eigenvalue weighted by molar-refractivity contribution is 6.08. The van der Waals surface area contributed by atoms with Crippen LogP contribution in [0.1, 0.15) is 0 Å². The number of nitrogens with zero attached hydrogens (tertiary/aromatic N) is 1. The van der Waals surface area contributed by atoms with Crippen LogP contribution in [0.3, 0.4) is 0 Å². The second-order valence-corrected chi connectivity index (χ2v) is 14.4. The molecule has 1 aliphatic heterocycles. The fourth-order valence-electron chi connectivity index (χ4n) is 8.70. The second-order valence-electron chi connectivity index (χ2n) is 14.4. The van der Waals surface area contributed by atoms with Crippen LogP contribution in [-0.2, 0) is 0 Å². The van der Waals surface area contributed by atoms with Crippen LogP contribution in [-0.4, -0.2) is 0 Å². The number of benzene rings is 10. The monoisotopic (exact) mass is 713 g/mol. The largest absolute Gasteiger partial charge is 0.456 e. The SMILES string of the molecule is c1cc(-c2cc3c4c(cccc4c2)Oc2ccccc2-3)cc(N(c2ccccc2-c2cccc3ccccc23)c2ccccc2-c2cccc3ccccc23)c1. The van der Waals surface area contributed by atoms with E-state index >= 15 is 0 Å². The van der Waals surface area contributed by atoms with E-state index in [4.69, 9.17) is 4.74 Å². The van der Waals surface area contributed by atoms with Gasteiger partial charge in [-0.05, 0) is 103 Å². The molecule has 0 radical (unpaired) electrons. The van der Waals surface area contributed by atoms with Crippen molar-refractivity contribution < 1.29 is 4.74 Å². The van der Waals surface area contributed by atoms with Crippen molar-refractivity contribution in [2.24, 2.45) is 0 Å². The molecule has 0 amide bonds. The zero-order valence-electron chi connectivity index (χ0n) is 30.6. The molecule has 2 nitrogen and oxygen atoms in total. The smallest absolute Gasteiger partial charge is 0.135 e. The number of hydrogen-bond acceptors (Lipinski definition) is 2. The molecule has 0 N–H and O–H groups in total. The number of anilines is 3. The molecular formula is C54H35NO. The van der Waals surface area contributed by atoms with Crippen LogP contribution in [0.25, 0.3) is 76.8 Å². The van der Waals surface area contributed by atoms with E-state index in [-0.39, 0.29) is 0 Å². The third-order valence-electron chi connectivity index (χ3n) is 11.2. The summed E-state index contributed by atoms with van der Waals surface area (Å²) in [5.74, 6) is 1.79. The van der Waals surface area contributed by atoms with Crippen LogP contribution >= 0.6 is 0 Å². The first-order chi connectivity index (χ1) is 27.8. The molecule has 0 bridgehead atoms. The van der Waals surface area contributed by atoms with Crippen molar-refractivity contribution in [1.29, 1.82) is 0 Å². The van der Waals surface area contributed by atoms with Crippen molar-refractivity contribution in [3.63, 3.8) is 0 Å². The van der Waals surface area contributed by atoms with E-state index in [1.54, 1.807) is 0 Å². The molecule has 0 fully saturated rings. The van der Waals surface area contributed by atoms with Gasteiger partial charge in [-0.25, -0.2) is 0 Å². The highest BCUT2D eigenvalue weighted by Crippen LogP contribution is 2.50. The average Bonchev–Trinajstić information content (AvgIpc) is 3.27. The predicted octanol–water partition coefficient (Wildman–Crippen LogP) is 15.4. The van der Waals surface area contributed by atoms with Gasteiger partial charge in [-0.2, -0.15) is 0 Å². The minimum Gasteiger partial charge on any atom is -0.456 e. The summed E-state index contributed by atoms with van der Waals surface area (Å²) in [6.07, 6.45) is 0. The highest BCUT2D eigenvalue weighted by atomic mass is 16.5. The fourth-order valence-corrected chi connectivity index (χ4v) is 8.70. The van der Waals surface area contributed by atoms with Gasteiger partial charge in [0.2, 0.25) is 0 Å². The second kappa shape index (κ2) is 13.2. The maximum absolute atomic E-state index is 6.39. The molecule has 0 atom stereocenters. The quantitative estimate of drug-likeness (QED) is 0.170. The van der Waals surface area contributed by atoms with Gasteiger partial charge in [0, 0.05) is 27.8 Å². The summed E-state index contributed by atoms with van der Waals surface area (Å²) < 4.78 is 6.39. The lowest BCUT2D eigenvalue weighted by Gasteiger charge is -2.30. The molecule has 10 aromatic carbocycles. The summed E-state index contributed by atoms with van der Waals surface area (Å²) in [7, 11) is 0. The van der Waals surface area contributed by atoms with Crippen LogP contribution in [0.2, 0.25) is 0 Å². The first-order valence-electron chi connectivity index (χ1n) is 19.2. The number of ether oxygens (including phenoxy) is 1. The summed E-state index contributed by atoms with van der Waals surface area (Å²) in [5, 5.41) is 7.22. The maximum Gasteiger partial charge on any atom is 0.135 e. The fraction of sp³-hybridized carbons (Fsp3) is 0. The molecule has 10 aromatic rings. The minimum atomic E-state index is 0.889. The topological polar surface area (TPSA) is 12.5 Å². The van der Waals surface area contributed by atoms with E-state index in [0.717, 1.165) is 56.0 Å². The van der Waals surface area contributed by atoms with Crippen LogP contribution in [0.15, 0.2) is 212 Å². The molecule has 0 saturated heterocycles. The molecular weight excluding hydrogens is 679 g/mol. The van der Waals surface area contributed by atoms with Gasteiger partial charge in [0.25, 0.3) is 0 Å². The third kappa shape index (κ3) is 5.26. The van der Waals surface area contributed by atoms with Crippen molar-refractivity contribution in [1.82, 2.24) is 0 Å². The molecule has 56 heavy (non-hydrogen) atoms. The normalized spacial score (nSPS) is 11.7. The van der Waals surface area contributed by atoms with E-state index in [1.807, 2.05) is 6.07 Å². The Morgan fingerprint density at radius 3 is 1.50 bits per heavy atom. The lowest BCUT2D eigenvalue weighted by Crippen LogP contribution is -2.12. The molecule has 1 heterocycles. The van der Waals surface area contributed by atoms with E-state index in [9.17, 15) is 0 Å². The maximum atomic E-state index is 6.39. The molecule has 0 unspecified atom stereocenters. The standard InChI is InChI=1S/C54H35NO/c1-3-22-42-36(15-1)17-12-27-44(42)46-24-5-8-29-50(46)55(51-30-9-6-25-47(51)45-28-13-18-37-16-2-4-23-43(37)45)41-21-11-19-38(34-41)40-33-39-20-14-32-53-54(39)49(35-40)48-26-7-10-31-52(48)56-53/h1-35H. The predicted molar refractivity (Wildman–Crippen MR) is 235 cm³/mol. The number of hydrogen-bond donors (Lipinski definition) is 0. The Bertz CT molecular complexity index is 3010. The summed E-state index contributed by atoms with van der Waals surface area (Å²) >= 11 is 0. The molecule has 0 saturated carbocycles. The van der Waals surface area contributed by atoms with Crippen molar-refractivity contribution in [3.8, 4) is 56.0 Å². The lowest BCUT2D eigenvalue weighted by atomic mass is 9.90. The minimum absolute atomic E-state index is 0.889. The van der Waals surface area contributed by atoms with E-state index in [0.29, 0.717) is 0 Å². The van der Waals surface area contributed by atoms with Gasteiger partial charge in [-0.3, -0.25) is 0 Å². The number of rotatable bonds is 6. The molecule has 0 aliphatic carbocycles. The van der Waals surface area contributed by atoms with Gasteiger partial charge in [-0.1, -0.05) is 164 Å². The van der Waals surface area contributed by atoms with Gasteiger partial charge in [0.1, 0.15) is 11.5 Å². The highest BCUT2D eigenvalue weighted by Gasteiger charge is 2.24. The summed E-state index contributed by atoms with van der Waals surface area (Å²) in [5.41, 5.74) is 12.6. The first-order valence-corrected chi connectivity index (χ1v) is 19.2. The average molecular weight is 714 g/mol. The zero-order chi connectivity index (χ0) is 37.0. The zero-order valence-corrected chi connectivity index (χ0v) is 30.6. The Kier molecular flexibility index (Phi) is 7.53. The summed E-state index contributed by atoms with van der Waals surface area (Å²) in [6.45, 7) is 0. The number of fused-ring (bicyclic) bond motifs is 4. The van der Waals surface area contributed by atoms with Gasteiger partial charge in [0.15, 0.2) is 0 Å². The number of para-hydroxylation sites is 3. The Morgan fingerprint density at radius 1 is 0.304 bits per heavy atom. The van der Waals surface area contributed by atoms with Crippen LogP contribution < -0.4 is 9.64 Å². The molecule has 262 valence electrons. The van der Waals surface area contributed by atoms with Crippen molar-refractivity contribution in [2.45, 2.75) is 0 Å². The third-order valence-corrected chi connectivity index (χ3v) is 11.2. The Labute approximate surface area is 326 Å². The van der Waals surface area contributed by atoms with Crippen LogP contribution in [0, 0.1) is 0 Å². The molecule has 0 spiro atoms. The molecule has 11 rings (SSSR count). The van der Waals surface area contributed by atoms with Gasteiger partial charge >= 0.3 is 0 Å². The van der Waals surface area contributed by atoms with Crippen molar-refractivity contribution in [3.05, 3.63) is 212 Å². The van der Waals surface area contributed by atoms with Gasteiger partial charge in [-0.15, -0.1) is 0 Å². The molecule has 2 heteroatoms. The lowest BCUT2D eigenvalue weighted by molar-refractivity contribution is 0.487. The molecule has 1 aliphatic rings. The Morgan fingerprint density at radius 2 is 0.804 bits per heavy atom. The van der Waals surface area contributed by atoms with Crippen molar-refractivity contribution in [2.75, 3.05) is 4.90 Å². The summed E-state index contributed by atoms with van der Waals surface area (Å²) in [6, 6.07) is 76.7. The Hall–Kier alpha value is -7.42. The first kappa shape index (κ1) is 32.0. The van der Waals surface area contributed by atoms with Crippen molar-refractivity contribution >= 4 is 49.4 Å². The Balaban J connectivity index is 1.16. The van der Waals surface area contributed by atoms with E-state index in [1.165, 1.54) is 49.4 Å². The van der Waals surface area contributed by atoms with E-state index in [2.05, 4.69) is 211 Å². The van der Waals surface area contributed by atoms with E-state index < -0.39 is 0 Å². The van der Waals surface area contributed by atoms with Crippen LogP contribution in [0.5, 0.6) is 11.5 Å². The van der Waals surface area contributed by atoms with Gasteiger partial charge in [0.05, 0.1) is 11.4 Å².